The molecule has 2 rings (SSSR count). The quantitative estimate of drug-likeness (QED) is 0.529. The molecule has 0 saturated heterocycles. The molecule has 0 radical (unpaired) electrons. The molecule has 0 aromatic heterocycles. The molecule has 110 valence electrons. The second-order valence-electron chi connectivity index (χ2n) is 5.04. The highest BCUT2D eigenvalue weighted by Crippen LogP contribution is 2.19. The van der Waals surface area contributed by atoms with Gasteiger partial charge in [0.2, 0.25) is 0 Å². The summed E-state index contributed by atoms with van der Waals surface area (Å²) in [6, 6.07) is 18.2. The van der Waals surface area contributed by atoms with E-state index in [4.69, 9.17) is 9.47 Å². The van der Waals surface area contributed by atoms with Crippen LogP contribution >= 0.6 is 0 Å². The van der Waals surface area contributed by atoms with E-state index in [0.29, 0.717) is 12.4 Å². The van der Waals surface area contributed by atoms with Crippen LogP contribution in [0.25, 0.3) is 5.76 Å². The van der Waals surface area contributed by atoms with Gasteiger partial charge in [0.05, 0.1) is 6.61 Å². The van der Waals surface area contributed by atoms with Gasteiger partial charge >= 0.3 is 0 Å². The van der Waals surface area contributed by atoms with E-state index in [1.54, 1.807) is 0 Å². The maximum Gasteiger partial charge on any atom is 0.199 e. The average Bonchev–Trinajstić information content (AvgIpc) is 2.52. The van der Waals surface area contributed by atoms with Crippen molar-refractivity contribution in [1.82, 2.24) is 0 Å². The molecule has 2 nitrogen and oxygen atoms in total. The Labute approximate surface area is 127 Å². The van der Waals surface area contributed by atoms with E-state index in [1.165, 1.54) is 5.56 Å². The van der Waals surface area contributed by atoms with E-state index in [2.05, 4.69) is 25.6 Å². The average molecular weight is 282 g/mol. The molecule has 1 unspecified atom stereocenters. The zero-order chi connectivity index (χ0) is 15.1. The van der Waals surface area contributed by atoms with Gasteiger partial charge in [0.25, 0.3) is 0 Å². The Morgan fingerprint density at radius 2 is 1.86 bits per heavy atom. The molecule has 0 N–H and O–H groups in total. The second kappa shape index (κ2) is 7.65. The van der Waals surface area contributed by atoms with Gasteiger partial charge < -0.3 is 9.47 Å². The summed E-state index contributed by atoms with van der Waals surface area (Å²) in [5.41, 5.74) is 3.33. The first kappa shape index (κ1) is 15.3. The van der Waals surface area contributed by atoms with Crippen molar-refractivity contribution in [2.24, 2.45) is 0 Å². The Bertz CT molecular complexity index is 575. The molecule has 2 aromatic rings. The third-order valence-corrected chi connectivity index (χ3v) is 3.23. The van der Waals surface area contributed by atoms with Gasteiger partial charge in [-0.3, -0.25) is 0 Å². The van der Waals surface area contributed by atoms with Crippen LogP contribution in [0.2, 0.25) is 0 Å². The summed E-state index contributed by atoms with van der Waals surface area (Å²) < 4.78 is 11.7. The first-order chi connectivity index (χ1) is 10.2. The molecule has 21 heavy (non-hydrogen) atoms. The number of hydrogen-bond donors (Lipinski definition) is 0. The van der Waals surface area contributed by atoms with Gasteiger partial charge in [0.15, 0.2) is 6.29 Å². The Morgan fingerprint density at radius 1 is 1.10 bits per heavy atom. The first-order valence-electron chi connectivity index (χ1n) is 7.27. The normalized spacial score (nSPS) is 11.9. The molecule has 0 aliphatic heterocycles. The fourth-order valence-electron chi connectivity index (χ4n) is 2.04. The van der Waals surface area contributed by atoms with Gasteiger partial charge in [-0.25, -0.2) is 0 Å². The molecule has 0 amide bonds. The summed E-state index contributed by atoms with van der Waals surface area (Å²) in [6.45, 7) is 8.65. The highest BCUT2D eigenvalue weighted by atomic mass is 16.7. The second-order valence-corrected chi connectivity index (χ2v) is 5.04. The zero-order valence-electron chi connectivity index (χ0n) is 12.7. The van der Waals surface area contributed by atoms with Crippen molar-refractivity contribution in [3.63, 3.8) is 0 Å². The number of benzene rings is 2. The topological polar surface area (TPSA) is 18.5 Å². The third kappa shape index (κ3) is 4.76. The standard InChI is InChI=1S/C19H22O2/c1-4-19(20-14-17-10-6-5-7-11-17)21-16(3)18-12-8-9-15(2)13-18/h5-13,19H,3-4,14H2,1-2H3. The van der Waals surface area contributed by atoms with Crippen LogP contribution in [0.15, 0.2) is 61.2 Å². The molecule has 0 aliphatic carbocycles. The lowest BCUT2D eigenvalue weighted by molar-refractivity contribution is -0.106. The predicted octanol–water partition coefficient (Wildman–Crippen LogP) is 4.94. The number of aryl methyl sites for hydroxylation is 1. The molecular formula is C19H22O2. The molecule has 0 spiro atoms. The SMILES string of the molecule is C=C(OC(CC)OCc1ccccc1)c1cccc(C)c1. The number of hydrogen-bond acceptors (Lipinski definition) is 2. The van der Waals surface area contributed by atoms with E-state index < -0.39 is 0 Å². The van der Waals surface area contributed by atoms with Crippen LogP contribution in [-0.2, 0) is 16.1 Å². The van der Waals surface area contributed by atoms with Gasteiger partial charge in [-0.2, -0.15) is 0 Å². The van der Waals surface area contributed by atoms with Gasteiger partial charge in [-0.15, -0.1) is 0 Å². The highest BCUT2D eigenvalue weighted by Gasteiger charge is 2.10. The first-order valence-corrected chi connectivity index (χ1v) is 7.27. The minimum Gasteiger partial charge on any atom is -0.465 e. The fraction of sp³-hybridized carbons (Fsp3) is 0.263. The summed E-state index contributed by atoms with van der Waals surface area (Å²) in [6.07, 6.45) is 0.496. The van der Waals surface area contributed by atoms with Crippen molar-refractivity contribution in [3.8, 4) is 0 Å². The lowest BCUT2D eigenvalue weighted by Crippen LogP contribution is -2.15. The van der Waals surface area contributed by atoms with E-state index >= 15 is 0 Å². The largest absolute Gasteiger partial charge is 0.465 e. The van der Waals surface area contributed by atoms with E-state index in [0.717, 1.165) is 17.5 Å². The van der Waals surface area contributed by atoms with Crippen LogP contribution in [0.3, 0.4) is 0 Å². The van der Waals surface area contributed by atoms with E-state index in [1.807, 2.05) is 49.4 Å². The summed E-state index contributed by atoms with van der Waals surface area (Å²) in [5, 5.41) is 0. The molecule has 0 heterocycles. The fourth-order valence-corrected chi connectivity index (χ4v) is 2.04. The Kier molecular flexibility index (Phi) is 5.59. The number of ether oxygens (including phenoxy) is 2. The van der Waals surface area contributed by atoms with Crippen LogP contribution in [0, 0.1) is 6.92 Å². The van der Waals surface area contributed by atoms with Crippen LogP contribution in [0.5, 0.6) is 0 Å². The van der Waals surface area contributed by atoms with Crippen molar-refractivity contribution in [2.45, 2.75) is 33.2 Å². The smallest absolute Gasteiger partial charge is 0.199 e. The molecule has 0 saturated carbocycles. The van der Waals surface area contributed by atoms with Gasteiger partial charge in [0.1, 0.15) is 5.76 Å². The maximum absolute atomic E-state index is 5.85. The minimum atomic E-state index is -0.279. The highest BCUT2D eigenvalue weighted by molar-refractivity contribution is 5.58. The molecule has 2 heteroatoms. The van der Waals surface area contributed by atoms with Crippen LogP contribution in [0.4, 0.5) is 0 Å². The predicted molar refractivity (Wildman–Crippen MR) is 86.6 cm³/mol. The van der Waals surface area contributed by atoms with Gasteiger partial charge in [-0.1, -0.05) is 67.6 Å². The monoisotopic (exact) mass is 282 g/mol. The van der Waals surface area contributed by atoms with Gasteiger partial charge in [0, 0.05) is 12.0 Å². The Hall–Kier alpha value is -2.06. The Balaban J connectivity index is 1.91. The summed E-state index contributed by atoms with van der Waals surface area (Å²) in [4.78, 5) is 0. The Morgan fingerprint density at radius 3 is 2.52 bits per heavy atom. The molecular weight excluding hydrogens is 260 g/mol. The summed E-state index contributed by atoms with van der Waals surface area (Å²) in [5.74, 6) is 0.651. The molecule has 0 aliphatic rings. The van der Waals surface area contributed by atoms with Crippen molar-refractivity contribution < 1.29 is 9.47 Å². The minimum absolute atomic E-state index is 0.279. The number of rotatable bonds is 7. The maximum atomic E-state index is 5.85. The van der Waals surface area contributed by atoms with Crippen LogP contribution in [0.1, 0.15) is 30.0 Å². The van der Waals surface area contributed by atoms with Crippen LogP contribution in [-0.4, -0.2) is 6.29 Å². The molecule has 0 fully saturated rings. The van der Waals surface area contributed by atoms with Crippen molar-refractivity contribution in [1.29, 1.82) is 0 Å². The van der Waals surface area contributed by atoms with E-state index in [9.17, 15) is 0 Å². The van der Waals surface area contributed by atoms with Crippen molar-refractivity contribution in [3.05, 3.63) is 77.9 Å². The van der Waals surface area contributed by atoms with Crippen molar-refractivity contribution >= 4 is 5.76 Å². The summed E-state index contributed by atoms with van der Waals surface area (Å²) in [7, 11) is 0. The van der Waals surface area contributed by atoms with Crippen molar-refractivity contribution in [2.75, 3.05) is 0 Å². The third-order valence-electron chi connectivity index (χ3n) is 3.23. The molecule has 1 atom stereocenters. The molecule has 2 aromatic carbocycles. The van der Waals surface area contributed by atoms with E-state index in [-0.39, 0.29) is 6.29 Å². The molecule has 0 bridgehead atoms. The lowest BCUT2D eigenvalue weighted by Gasteiger charge is -2.20. The zero-order valence-corrected chi connectivity index (χ0v) is 12.7. The van der Waals surface area contributed by atoms with Gasteiger partial charge in [-0.05, 0) is 18.6 Å². The lowest BCUT2D eigenvalue weighted by atomic mass is 10.1. The summed E-state index contributed by atoms with van der Waals surface area (Å²) >= 11 is 0. The van der Waals surface area contributed by atoms with Crippen LogP contribution < -0.4 is 0 Å².